The molecule has 0 aliphatic rings. The Morgan fingerprint density at radius 1 is 1.29 bits per heavy atom. The lowest BCUT2D eigenvalue weighted by atomic mass is 10.1. The molecule has 0 aliphatic carbocycles. The third kappa shape index (κ3) is 5.39. The first-order chi connectivity index (χ1) is 12.9. The smallest absolute Gasteiger partial charge is 0.338 e. The van der Waals surface area contributed by atoms with Crippen molar-refractivity contribution >= 4 is 39.7 Å². The molecule has 13 heteroatoms. The first-order valence-corrected chi connectivity index (χ1v) is 9.10. The van der Waals surface area contributed by atoms with E-state index in [0.29, 0.717) is 0 Å². The highest BCUT2D eigenvalue weighted by Gasteiger charge is 2.31. The number of nitrogens with zero attached hydrogens (tertiary/aromatic N) is 3. The Morgan fingerprint density at radius 3 is 2.36 bits per heavy atom. The molecular weight excluding hydrogens is 396 g/mol. The molecular formula is C15H20N4O8S. The van der Waals surface area contributed by atoms with Crippen LogP contribution in [0.3, 0.4) is 0 Å². The number of nitrogens with one attached hydrogen (secondary N) is 1. The zero-order valence-electron chi connectivity index (χ0n) is 15.8. The molecule has 28 heavy (non-hydrogen) atoms. The van der Waals surface area contributed by atoms with Gasteiger partial charge in [0.25, 0.3) is 15.7 Å². The Labute approximate surface area is 161 Å². The Kier molecular flexibility index (Phi) is 7.43. The Hall–Kier alpha value is -3.22. The van der Waals surface area contributed by atoms with E-state index in [4.69, 9.17) is 0 Å². The minimum absolute atomic E-state index is 0.371. The van der Waals surface area contributed by atoms with Crippen molar-refractivity contribution in [2.24, 2.45) is 4.40 Å². The molecule has 0 fully saturated rings. The van der Waals surface area contributed by atoms with Crippen LogP contribution in [-0.2, 0) is 24.3 Å². The maximum atomic E-state index is 12.7. The van der Waals surface area contributed by atoms with Crippen LogP contribution in [0.1, 0.15) is 17.3 Å². The van der Waals surface area contributed by atoms with Gasteiger partial charge in [-0.3, -0.25) is 10.1 Å². The van der Waals surface area contributed by atoms with Crippen LogP contribution in [-0.4, -0.2) is 70.9 Å². The quantitative estimate of drug-likeness (QED) is 0.209. The van der Waals surface area contributed by atoms with Gasteiger partial charge in [0.1, 0.15) is 23.0 Å². The standard InChI is InChI=1S/C15H20N4O8S/c1-9(14(20)26-4)17-13-11(19(22)23)6-10(15(21)27-5)7-12(13)28(24,25)16-8-18(2)3/h6-9,17H,1-5H3/b16-8+/t9-/m1/s1. The number of nitro groups is 1. The van der Waals surface area contributed by atoms with Crippen LogP contribution in [0.5, 0.6) is 0 Å². The summed E-state index contributed by atoms with van der Waals surface area (Å²) >= 11 is 0. The normalized spacial score (nSPS) is 12.3. The zero-order valence-corrected chi connectivity index (χ0v) is 16.6. The number of rotatable bonds is 8. The monoisotopic (exact) mass is 416 g/mol. The molecule has 1 N–H and O–H groups in total. The van der Waals surface area contributed by atoms with Gasteiger partial charge in [0.2, 0.25) is 0 Å². The molecule has 1 atom stereocenters. The lowest BCUT2D eigenvalue weighted by Crippen LogP contribution is -2.28. The summed E-state index contributed by atoms with van der Waals surface area (Å²) in [7, 11) is 0.699. The van der Waals surface area contributed by atoms with Crippen LogP contribution in [0.15, 0.2) is 21.4 Å². The molecule has 0 saturated carbocycles. The molecule has 0 radical (unpaired) electrons. The van der Waals surface area contributed by atoms with Crippen molar-refractivity contribution in [1.29, 1.82) is 0 Å². The summed E-state index contributed by atoms with van der Waals surface area (Å²) in [6.07, 6.45) is 0.972. The summed E-state index contributed by atoms with van der Waals surface area (Å²) in [5.74, 6) is -1.77. The highest BCUT2D eigenvalue weighted by Crippen LogP contribution is 2.35. The summed E-state index contributed by atoms with van der Waals surface area (Å²) < 4.78 is 37.8. The fourth-order valence-corrected chi connectivity index (χ4v) is 3.12. The minimum Gasteiger partial charge on any atom is -0.467 e. The number of hydrogen-bond acceptors (Lipinski definition) is 9. The number of benzene rings is 1. The molecule has 0 amide bonds. The molecule has 154 valence electrons. The number of anilines is 1. The molecule has 0 unspecified atom stereocenters. The van der Waals surface area contributed by atoms with Gasteiger partial charge in [0, 0.05) is 20.2 Å². The molecule has 1 rings (SSSR count). The predicted molar refractivity (Wildman–Crippen MR) is 98.9 cm³/mol. The molecule has 0 bridgehead atoms. The van der Waals surface area contributed by atoms with Crippen molar-refractivity contribution in [2.75, 3.05) is 33.6 Å². The van der Waals surface area contributed by atoms with E-state index in [-0.39, 0.29) is 5.56 Å². The van der Waals surface area contributed by atoms with Crippen LogP contribution < -0.4 is 5.32 Å². The Morgan fingerprint density at radius 2 is 1.89 bits per heavy atom. The summed E-state index contributed by atoms with van der Waals surface area (Å²) in [4.78, 5) is 34.8. The lowest BCUT2D eigenvalue weighted by Gasteiger charge is -2.16. The minimum atomic E-state index is -4.48. The second-order valence-corrected chi connectivity index (χ2v) is 7.27. The number of esters is 2. The predicted octanol–water partition coefficient (Wildman–Crippen LogP) is 0.633. The summed E-state index contributed by atoms with van der Waals surface area (Å²) in [5.41, 5.74) is -1.63. The van der Waals surface area contributed by atoms with Gasteiger partial charge in [-0.1, -0.05) is 0 Å². The topological polar surface area (TPSA) is 158 Å². The van der Waals surface area contributed by atoms with Crippen LogP contribution in [0, 0.1) is 10.1 Å². The third-order valence-electron chi connectivity index (χ3n) is 3.31. The van der Waals surface area contributed by atoms with Crippen LogP contribution >= 0.6 is 0 Å². The maximum Gasteiger partial charge on any atom is 0.338 e. The van der Waals surface area contributed by atoms with Gasteiger partial charge >= 0.3 is 11.9 Å². The fourth-order valence-electron chi connectivity index (χ4n) is 1.99. The van der Waals surface area contributed by atoms with Gasteiger partial charge in [0.15, 0.2) is 0 Å². The van der Waals surface area contributed by atoms with Crippen LogP contribution in [0.2, 0.25) is 0 Å². The second kappa shape index (κ2) is 9.12. The zero-order chi connectivity index (χ0) is 21.6. The number of nitro benzene ring substituents is 1. The molecule has 1 aromatic carbocycles. The SMILES string of the molecule is COC(=O)c1cc([N+](=O)[O-])c(N[C@H](C)C(=O)OC)c(S(=O)(=O)/N=C/N(C)C)c1. The third-order valence-corrected chi connectivity index (χ3v) is 4.56. The number of carbonyl (C=O) groups is 2. The Bertz CT molecular complexity index is 911. The summed E-state index contributed by atoms with van der Waals surface area (Å²) in [5, 5.41) is 14.0. The lowest BCUT2D eigenvalue weighted by molar-refractivity contribution is -0.384. The van der Waals surface area contributed by atoms with Crippen molar-refractivity contribution in [2.45, 2.75) is 17.9 Å². The van der Waals surface area contributed by atoms with E-state index in [1.54, 1.807) is 0 Å². The van der Waals surface area contributed by atoms with E-state index < -0.39 is 49.2 Å². The number of sulfonamides is 1. The highest BCUT2D eigenvalue weighted by molar-refractivity contribution is 7.90. The van der Waals surface area contributed by atoms with E-state index in [9.17, 15) is 28.1 Å². The number of carbonyl (C=O) groups excluding carboxylic acids is 2. The van der Waals surface area contributed by atoms with Crippen LogP contribution in [0.4, 0.5) is 11.4 Å². The van der Waals surface area contributed by atoms with Gasteiger partial charge in [-0.15, -0.1) is 4.40 Å². The van der Waals surface area contributed by atoms with E-state index >= 15 is 0 Å². The highest BCUT2D eigenvalue weighted by atomic mass is 32.2. The first-order valence-electron chi connectivity index (χ1n) is 7.66. The van der Waals surface area contributed by atoms with Crippen molar-refractivity contribution in [3.8, 4) is 0 Å². The van der Waals surface area contributed by atoms with Crippen LogP contribution in [0.25, 0.3) is 0 Å². The molecule has 0 aliphatic heterocycles. The summed E-state index contributed by atoms with van der Waals surface area (Å²) in [6, 6.07) is 0.597. The van der Waals surface area contributed by atoms with Crippen molar-refractivity contribution in [3.05, 3.63) is 27.8 Å². The average Bonchev–Trinajstić information content (AvgIpc) is 2.64. The number of methoxy groups -OCH3 is 2. The van der Waals surface area contributed by atoms with Gasteiger partial charge in [-0.25, -0.2) is 9.59 Å². The maximum absolute atomic E-state index is 12.7. The van der Waals surface area contributed by atoms with Crippen molar-refractivity contribution in [3.63, 3.8) is 0 Å². The largest absolute Gasteiger partial charge is 0.467 e. The fraction of sp³-hybridized carbons (Fsp3) is 0.400. The van der Waals surface area contributed by atoms with Crippen molar-refractivity contribution < 1.29 is 32.4 Å². The average molecular weight is 416 g/mol. The molecule has 1 aromatic rings. The van der Waals surface area contributed by atoms with E-state index in [1.807, 2.05) is 0 Å². The van der Waals surface area contributed by atoms with E-state index in [1.165, 1.54) is 25.9 Å². The van der Waals surface area contributed by atoms with Gasteiger partial charge in [-0.05, 0) is 13.0 Å². The summed E-state index contributed by atoms with van der Waals surface area (Å²) in [6.45, 7) is 1.32. The van der Waals surface area contributed by atoms with Gasteiger partial charge in [0.05, 0.1) is 24.7 Å². The van der Waals surface area contributed by atoms with E-state index in [2.05, 4.69) is 19.2 Å². The molecule has 12 nitrogen and oxygen atoms in total. The Balaban J connectivity index is 3.80. The number of ether oxygens (including phenoxy) is 2. The molecule has 0 aromatic heterocycles. The van der Waals surface area contributed by atoms with E-state index in [0.717, 1.165) is 32.7 Å². The molecule has 0 spiro atoms. The van der Waals surface area contributed by atoms with Crippen molar-refractivity contribution in [1.82, 2.24) is 4.90 Å². The van der Waals surface area contributed by atoms with Gasteiger partial charge in [-0.2, -0.15) is 8.42 Å². The molecule has 0 saturated heterocycles. The van der Waals surface area contributed by atoms with Gasteiger partial charge < -0.3 is 19.7 Å². The molecule has 0 heterocycles. The second-order valence-electron chi connectivity index (χ2n) is 5.67. The first kappa shape index (κ1) is 22.8. The number of hydrogen-bond donors (Lipinski definition) is 1.